The third-order valence-electron chi connectivity index (χ3n) is 3.28. The summed E-state index contributed by atoms with van der Waals surface area (Å²) in [5.74, 6) is -0.105. The van der Waals surface area contributed by atoms with Gasteiger partial charge in [-0.1, -0.05) is 31.0 Å². The van der Waals surface area contributed by atoms with Crippen molar-refractivity contribution in [1.29, 1.82) is 0 Å². The summed E-state index contributed by atoms with van der Waals surface area (Å²) >= 11 is 6.11. The van der Waals surface area contributed by atoms with Gasteiger partial charge in [-0.3, -0.25) is 9.78 Å². The fraction of sp³-hybridized carbons (Fsp3) is 0.294. The molecule has 0 fully saturated rings. The lowest BCUT2D eigenvalue weighted by Gasteiger charge is -2.09. The van der Waals surface area contributed by atoms with Gasteiger partial charge in [0.15, 0.2) is 0 Å². The number of aryl methyl sites for hydroxylation is 1. The van der Waals surface area contributed by atoms with Crippen LogP contribution in [0.25, 0.3) is 0 Å². The molecule has 0 aliphatic rings. The Morgan fingerprint density at radius 1 is 1.23 bits per heavy atom. The van der Waals surface area contributed by atoms with Gasteiger partial charge in [0.1, 0.15) is 0 Å². The average molecular weight is 318 g/mol. The molecule has 0 aliphatic heterocycles. The molecule has 1 heterocycles. The Labute approximate surface area is 135 Å². The summed E-state index contributed by atoms with van der Waals surface area (Å²) in [6.07, 6.45) is 5.26. The molecule has 0 saturated heterocycles. The van der Waals surface area contributed by atoms with E-state index in [0.29, 0.717) is 17.1 Å². The Bertz CT molecular complexity index is 658. The second-order valence-electron chi connectivity index (χ2n) is 5.16. The van der Waals surface area contributed by atoms with Crippen LogP contribution < -0.4 is 10.6 Å². The zero-order valence-corrected chi connectivity index (χ0v) is 13.6. The van der Waals surface area contributed by atoms with Gasteiger partial charge in [-0.15, -0.1) is 0 Å². The SMILES string of the molecule is CCCCNC(=O)c1cncc(Nc2ccc(C)c(Cl)c2)c1. The first kappa shape index (κ1) is 16.3. The average Bonchev–Trinajstić information content (AvgIpc) is 2.51. The predicted molar refractivity (Wildman–Crippen MR) is 90.9 cm³/mol. The molecule has 2 aromatic rings. The molecule has 0 spiro atoms. The van der Waals surface area contributed by atoms with Crippen molar-refractivity contribution in [2.75, 3.05) is 11.9 Å². The molecule has 1 aromatic carbocycles. The molecule has 5 heteroatoms. The molecule has 0 bridgehead atoms. The number of rotatable bonds is 6. The number of nitrogens with zero attached hydrogens (tertiary/aromatic N) is 1. The largest absolute Gasteiger partial charge is 0.354 e. The molecule has 0 radical (unpaired) electrons. The number of carbonyl (C=O) groups excluding carboxylic acids is 1. The summed E-state index contributed by atoms with van der Waals surface area (Å²) in [4.78, 5) is 16.1. The van der Waals surface area contributed by atoms with Gasteiger partial charge >= 0.3 is 0 Å². The van der Waals surface area contributed by atoms with E-state index < -0.39 is 0 Å². The number of halogens is 1. The van der Waals surface area contributed by atoms with Gasteiger partial charge in [0.05, 0.1) is 17.4 Å². The quantitative estimate of drug-likeness (QED) is 0.780. The highest BCUT2D eigenvalue weighted by Gasteiger charge is 2.07. The lowest BCUT2D eigenvalue weighted by atomic mass is 10.2. The number of nitrogens with one attached hydrogen (secondary N) is 2. The Kier molecular flexibility index (Phi) is 5.78. The van der Waals surface area contributed by atoms with Crippen LogP contribution in [0.2, 0.25) is 5.02 Å². The molecule has 0 atom stereocenters. The number of carbonyl (C=O) groups is 1. The minimum Gasteiger partial charge on any atom is -0.354 e. The summed E-state index contributed by atoms with van der Waals surface area (Å²) < 4.78 is 0. The number of pyridine rings is 1. The van der Waals surface area contributed by atoms with E-state index in [4.69, 9.17) is 11.6 Å². The summed E-state index contributed by atoms with van der Waals surface area (Å²) in [5, 5.41) is 6.79. The molecule has 4 nitrogen and oxygen atoms in total. The smallest absolute Gasteiger partial charge is 0.252 e. The van der Waals surface area contributed by atoms with Crippen molar-refractivity contribution in [3.8, 4) is 0 Å². The summed E-state index contributed by atoms with van der Waals surface area (Å²) in [6.45, 7) is 4.72. The highest BCUT2D eigenvalue weighted by Crippen LogP contribution is 2.23. The van der Waals surface area contributed by atoms with Crippen LogP contribution in [0.4, 0.5) is 11.4 Å². The first-order valence-electron chi connectivity index (χ1n) is 7.36. The molecule has 1 amide bonds. The van der Waals surface area contributed by atoms with Gasteiger partial charge in [0.25, 0.3) is 5.91 Å². The molecule has 0 unspecified atom stereocenters. The standard InChI is InChI=1S/C17H20ClN3O/c1-3-4-7-20-17(22)13-8-15(11-19-10-13)21-14-6-5-12(2)16(18)9-14/h5-6,8-11,21H,3-4,7H2,1-2H3,(H,20,22). The van der Waals surface area contributed by atoms with Crippen molar-refractivity contribution in [2.45, 2.75) is 26.7 Å². The van der Waals surface area contributed by atoms with Crippen LogP contribution in [-0.4, -0.2) is 17.4 Å². The Morgan fingerprint density at radius 2 is 2.05 bits per heavy atom. The van der Waals surface area contributed by atoms with Gasteiger partial charge in [-0.2, -0.15) is 0 Å². The van der Waals surface area contributed by atoms with E-state index in [1.165, 1.54) is 0 Å². The van der Waals surface area contributed by atoms with Crippen molar-refractivity contribution in [3.63, 3.8) is 0 Å². The minimum absolute atomic E-state index is 0.105. The second-order valence-corrected chi connectivity index (χ2v) is 5.57. The van der Waals surface area contributed by atoms with E-state index in [0.717, 1.165) is 29.8 Å². The van der Waals surface area contributed by atoms with E-state index in [2.05, 4.69) is 22.5 Å². The third-order valence-corrected chi connectivity index (χ3v) is 3.68. The van der Waals surface area contributed by atoms with Gasteiger partial charge in [-0.25, -0.2) is 0 Å². The zero-order valence-electron chi connectivity index (χ0n) is 12.8. The van der Waals surface area contributed by atoms with Crippen molar-refractivity contribution in [1.82, 2.24) is 10.3 Å². The first-order valence-corrected chi connectivity index (χ1v) is 7.74. The molecular weight excluding hydrogens is 298 g/mol. The lowest BCUT2D eigenvalue weighted by molar-refractivity contribution is 0.0953. The van der Waals surface area contributed by atoms with Crippen molar-refractivity contribution in [2.24, 2.45) is 0 Å². The predicted octanol–water partition coefficient (Wildman–Crippen LogP) is 4.32. The molecule has 1 aromatic heterocycles. The van der Waals surface area contributed by atoms with Crippen LogP contribution in [0.5, 0.6) is 0 Å². The normalized spacial score (nSPS) is 10.3. The number of aromatic nitrogens is 1. The van der Waals surface area contributed by atoms with E-state index >= 15 is 0 Å². The fourth-order valence-corrected chi connectivity index (χ4v) is 2.13. The van der Waals surface area contributed by atoms with Crippen LogP contribution in [0.3, 0.4) is 0 Å². The Hall–Kier alpha value is -2.07. The van der Waals surface area contributed by atoms with E-state index in [-0.39, 0.29) is 5.91 Å². The van der Waals surface area contributed by atoms with Crippen molar-refractivity contribution < 1.29 is 4.79 Å². The molecule has 116 valence electrons. The number of hydrogen-bond donors (Lipinski definition) is 2. The Morgan fingerprint density at radius 3 is 2.77 bits per heavy atom. The number of benzene rings is 1. The molecule has 22 heavy (non-hydrogen) atoms. The zero-order chi connectivity index (χ0) is 15.9. The van der Waals surface area contributed by atoms with Gasteiger partial charge in [-0.05, 0) is 37.1 Å². The van der Waals surface area contributed by atoms with Crippen LogP contribution in [0.15, 0.2) is 36.7 Å². The maximum absolute atomic E-state index is 12.0. The monoisotopic (exact) mass is 317 g/mol. The van der Waals surface area contributed by atoms with Crippen LogP contribution in [0, 0.1) is 6.92 Å². The van der Waals surface area contributed by atoms with Crippen LogP contribution in [-0.2, 0) is 0 Å². The summed E-state index contributed by atoms with van der Waals surface area (Å²) in [6, 6.07) is 7.52. The number of anilines is 2. The molecule has 2 rings (SSSR count). The van der Waals surface area contributed by atoms with Crippen molar-refractivity contribution in [3.05, 3.63) is 52.8 Å². The van der Waals surface area contributed by atoms with Gasteiger partial charge in [0, 0.05) is 23.5 Å². The number of amides is 1. The Balaban J connectivity index is 2.07. The highest BCUT2D eigenvalue weighted by molar-refractivity contribution is 6.31. The van der Waals surface area contributed by atoms with E-state index in [1.54, 1.807) is 18.5 Å². The maximum Gasteiger partial charge on any atom is 0.252 e. The first-order chi connectivity index (χ1) is 10.6. The van der Waals surface area contributed by atoms with Crippen LogP contribution in [0.1, 0.15) is 35.7 Å². The molecule has 0 saturated carbocycles. The van der Waals surface area contributed by atoms with Gasteiger partial charge < -0.3 is 10.6 Å². The van der Waals surface area contributed by atoms with Crippen LogP contribution >= 0.6 is 11.6 Å². The molecule has 2 N–H and O–H groups in total. The third kappa shape index (κ3) is 4.46. The topological polar surface area (TPSA) is 54.0 Å². The summed E-state index contributed by atoms with van der Waals surface area (Å²) in [7, 11) is 0. The van der Waals surface area contributed by atoms with Gasteiger partial charge in [0.2, 0.25) is 0 Å². The van der Waals surface area contributed by atoms with E-state index in [9.17, 15) is 4.79 Å². The van der Waals surface area contributed by atoms with E-state index in [1.807, 2.05) is 25.1 Å². The fourth-order valence-electron chi connectivity index (χ4n) is 1.95. The maximum atomic E-state index is 12.0. The molecule has 0 aliphatic carbocycles. The number of hydrogen-bond acceptors (Lipinski definition) is 3. The number of unbranched alkanes of at least 4 members (excludes halogenated alkanes) is 1. The highest BCUT2D eigenvalue weighted by atomic mass is 35.5. The lowest BCUT2D eigenvalue weighted by Crippen LogP contribution is -2.24. The molecular formula is C17H20ClN3O. The minimum atomic E-state index is -0.105. The summed E-state index contributed by atoms with van der Waals surface area (Å²) in [5.41, 5.74) is 3.18. The van der Waals surface area contributed by atoms with Crippen molar-refractivity contribution >= 4 is 28.9 Å². The second kappa shape index (κ2) is 7.80.